The highest BCUT2D eigenvalue weighted by Gasteiger charge is 2.06. The average Bonchev–Trinajstić information content (AvgIpc) is 2.69. The van der Waals surface area contributed by atoms with E-state index in [1.54, 1.807) is 0 Å². The van der Waals surface area contributed by atoms with Gasteiger partial charge in [0, 0.05) is 13.2 Å². The summed E-state index contributed by atoms with van der Waals surface area (Å²) in [5, 5.41) is 12.3. The molecule has 0 saturated carbocycles. The lowest BCUT2D eigenvalue weighted by Gasteiger charge is -2.07. The SMILES string of the molecule is CC(C)OCCCNC(=O)c1cn[nH]n1. The molecule has 1 heterocycles. The normalized spacial score (nSPS) is 10.6. The van der Waals surface area contributed by atoms with E-state index >= 15 is 0 Å². The summed E-state index contributed by atoms with van der Waals surface area (Å²) in [6, 6.07) is 0. The fourth-order valence-electron chi connectivity index (χ4n) is 0.995. The summed E-state index contributed by atoms with van der Waals surface area (Å²) in [6.45, 7) is 5.19. The number of aromatic amines is 1. The molecule has 0 aliphatic carbocycles. The van der Waals surface area contributed by atoms with Crippen LogP contribution in [0.1, 0.15) is 30.8 Å². The highest BCUT2D eigenvalue weighted by Crippen LogP contribution is 1.91. The fraction of sp³-hybridized carbons (Fsp3) is 0.667. The predicted molar refractivity (Wildman–Crippen MR) is 54.4 cm³/mol. The van der Waals surface area contributed by atoms with Gasteiger partial charge in [-0.05, 0) is 20.3 Å². The van der Waals surface area contributed by atoms with Crippen molar-refractivity contribution in [3.63, 3.8) is 0 Å². The maximum atomic E-state index is 11.3. The maximum absolute atomic E-state index is 11.3. The molecular formula is C9H16N4O2. The Balaban J connectivity index is 2.08. The molecule has 0 saturated heterocycles. The van der Waals surface area contributed by atoms with Crippen molar-refractivity contribution in [2.45, 2.75) is 26.4 Å². The zero-order valence-corrected chi connectivity index (χ0v) is 8.99. The number of amides is 1. The van der Waals surface area contributed by atoms with Crippen LogP contribution < -0.4 is 5.32 Å². The molecule has 0 radical (unpaired) electrons. The molecule has 0 spiro atoms. The lowest BCUT2D eigenvalue weighted by atomic mass is 10.4. The van der Waals surface area contributed by atoms with Crippen LogP contribution in [0.25, 0.3) is 0 Å². The number of nitrogens with one attached hydrogen (secondary N) is 2. The number of nitrogens with zero attached hydrogens (tertiary/aromatic N) is 2. The third kappa shape index (κ3) is 4.55. The first-order valence-corrected chi connectivity index (χ1v) is 4.95. The molecule has 1 rings (SSSR count). The van der Waals surface area contributed by atoms with Gasteiger partial charge in [-0.2, -0.15) is 15.4 Å². The van der Waals surface area contributed by atoms with E-state index < -0.39 is 0 Å². The zero-order valence-electron chi connectivity index (χ0n) is 8.99. The number of carbonyl (C=O) groups excluding carboxylic acids is 1. The van der Waals surface area contributed by atoms with Crippen molar-refractivity contribution < 1.29 is 9.53 Å². The first-order chi connectivity index (χ1) is 7.20. The van der Waals surface area contributed by atoms with Gasteiger partial charge in [-0.3, -0.25) is 4.79 Å². The zero-order chi connectivity index (χ0) is 11.1. The summed E-state index contributed by atoms with van der Waals surface area (Å²) in [5.41, 5.74) is 0.305. The van der Waals surface area contributed by atoms with Crippen molar-refractivity contribution in [1.82, 2.24) is 20.7 Å². The largest absolute Gasteiger partial charge is 0.379 e. The molecule has 0 atom stereocenters. The number of aromatic nitrogens is 3. The van der Waals surface area contributed by atoms with Gasteiger partial charge < -0.3 is 10.1 Å². The van der Waals surface area contributed by atoms with Crippen LogP contribution in [0.5, 0.6) is 0 Å². The third-order valence-corrected chi connectivity index (χ3v) is 1.71. The predicted octanol–water partition coefficient (Wildman–Crippen LogP) is 0.350. The molecule has 2 N–H and O–H groups in total. The summed E-state index contributed by atoms with van der Waals surface area (Å²) in [4.78, 5) is 11.3. The lowest BCUT2D eigenvalue weighted by molar-refractivity contribution is 0.0756. The second-order valence-corrected chi connectivity index (χ2v) is 3.38. The number of hydrogen-bond donors (Lipinski definition) is 2. The Morgan fingerprint density at radius 2 is 2.47 bits per heavy atom. The lowest BCUT2D eigenvalue weighted by Crippen LogP contribution is -2.25. The molecule has 0 aliphatic heterocycles. The number of carbonyl (C=O) groups is 1. The third-order valence-electron chi connectivity index (χ3n) is 1.71. The second-order valence-electron chi connectivity index (χ2n) is 3.38. The minimum Gasteiger partial charge on any atom is -0.379 e. The molecular weight excluding hydrogens is 196 g/mol. The van der Waals surface area contributed by atoms with Crippen molar-refractivity contribution in [3.05, 3.63) is 11.9 Å². The molecule has 0 aliphatic rings. The molecule has 1 amide bonds. The number of hydrogen-bond acceptors (Lipinski definition) is 4. The van der Waals surface area contributed by atoms with Crippen molar-refractivity contribution in [3.8, 4) is 0 Å². The first-order valence-electron chi connectivity index (χ1n) is 4.95. The van der Waals surface area contributed by atoms with Gasteiger partial charge in [-0.1, -0.05) is 0 Å². The van der Waals surface area contributed by atoms with E-state index in [4.69, 9.17) is 4.74 Å². The Morgan fingerprint density at radius 1 is 1.67 bits per heavy atom. The summed E-state index contributed by atoms with van der Waals surface area (Å²) in [5.74, 6) is -0.215. The van der Waals surface area contributed by atoms with Crippen LogP contribution in [0.4, 0.5) is 0 Å². The van der Waals surface area contributed by atoms with Gasteiger partial charge in [-0.15, -0.1) is 0 Å². The van der Waals surface area contributed by atoms with E-state index in [9.17, 15) is 4.79 Å². The Hall–Kier alpha value is -1.43. The van der Waals surface area contributed by atoms with Gasteiger partial charge in [0.05, 0.1) is 12.3 Å². The Labute approximate surface area is 88.4 Å². The van der Waals surface area contributed by atoms with Gasteiger partial charge in [0.25, 0.3) is 5.91 Å². The fourth-order valence-corrected chi connectivity index (χ4v) is 0.995. The monoisotopic (exact) mass is 212 g/mol. The molecule has 0 unspecified atom stereocenters. The van der Waals surface area contributed by atoms with Gasteiger partial charge >= 0.3 is 0 Å². The smallest absolute Gasteiger partial charge is 0.273 e. The van der Waals surface area contributed by atoms with Crippen LogP contribution >= 0.6 is 0 Å². The molecule has 1 aromatic rings. The first kappa shape index (κ1) is 11.6. The van der Waals surface area contributed by atoms with E-state index in [1.165, 1.54) is 6.20 Å². The van der Waals surface area contributed by atoms with Crippen LogP contribution in [-0.4, -0.2) is 40.6 Å². The molecule has 6 heteroatoms. The summed E-state index contributed by atoms with van der Waals surface area (Å²) >= 11 is 0. The van der Waals surface area contributed by atoms with E-state index in [0.717, 1.165) is 6.42 Å². The topological polar surface area (TPSA) is 79.9 Å². The Bertz CT molecular complexity index is 284. The quantitative estimate of drug-likeness (QED) is 0.667. The van der Waals surface area contributed by atoms with Crippen molar-refractivity contribution in [2.24, 2.45) is 0 Å². The summed E-state index contributed by atoms with van der Waals surface area (Å²) < 4.78 is 5.33. The van der Waals surface area contributed by atoms with Gasteiger partial charge in [-0.25, -0.2) is 0 Å². The number of ether oxygens (including phenoxy) is 1. The Kier molecular flexibility index (Phi) is 4.76. The molecule has 84 valence electrons. The Morgan fingerprint density at radius 3 is 3.07 bits per heavy atom. The molecule has 1 aromatic heterocycles. The van der Waals surface area contributed by atoms with E-state index in [1.807, 2.05) is 13.8 Å². The van der Waals surface area contributed by atoms with E-state index in [0.29, 0.717) is 18.8 Å². The van der Waals surface area contributed by atoms with Crippen LogP contribution in [0.2, 0.25) is 0 Å². The minimum atomic E-state index is -0.215. The van der Waals surface area contributed by atoms with Crippen molar-refractivity contribution in [1.29, 1.82) is 0 Å². The van der Waals surface area contributed by atoms with Crippen LogP contribution in [0, 0.1) is 0 Å². The standard InChI is InChI=1S/C9H16N4O2/c1-7(2)15-5-3-4-10-9(14)8-6-11-13-12-8/h6-7H,3-5H2,1-2H3,(H,10,14)(H,11,12,13). The van der Waals surface area contributed by atoms with Crippen LogP contribution in [0.15, 0.2) is 6.20 Å². The van der Waals surface area contributed by atoms with E-state index in [2.05, 4.69) is 20.7 Å². The second kappa shape index (κ2) is 6.13. The molecule has 6 nitrogen and oxygen atoms in total. The van der Waals surface area contributed by atoms with E-state index in [-0.39, 0.29) is 12.0 Å². The minimum absolute atomic E-state index is 0.215. The van der Waals surface area contributed by atoms with Crippen molar-refractivity contribution in [2.75, 3.05) is 13.2 Å². The van der Waals surface area contributed by atoms with Gasteiger partial charge in [0.2, 0.25) is 0 Å². The average molecular weight is 212 g/mol. The maximum Gasteiger partial charge on any atom is 0.273 e. The molecule has 15 heavy (non-hydrogen) atoms. The van der Waals surface area contributed by atoms with Gasteiger partial charge in [0.15, 0.2) is 5.69 Å². The highest BCUT2D eigenvalue weighted by molar-refractivity contribution is 5.91. The molecule has 0 bridgehead atoms. The summed E-state index contributed by atoms with van der Waals surface area (Å²) in [7, 11) is 0. The van der Waals surface area contributed by atoms with Gasteiger partial charge in [0.1, 0.15) is 0 Å². The number of H-pyrrole nitrogens is 1. The highest BCUT2D eigenvalue weighted by atomic mass is 16.5. The van der Waals surface area contributed by atoms with Crippen molar-refractivity contribution >= 4 is 5.91 Å². The van der Waals surface area contributed by atoms with Crippen LogP contribution in [0.3, 0.4) is 0 Å². The summed E-state index contributed by atoms with van der Waals surface area (Å²) in [6.07, 6.45) is 2.41. The number of rotatable bonds is 6. The molecule has 0 aromatic carbocycles. The van der Waals surface area contributed by atoms with Crippen LogP contribution in [-0.2, 0) is 4.74 Å². The molecule has 0 fully saturated rings.